The van der Waals surface area contributed by atoms with Gasteiger partial charge in [-0.1, -0.05) is 26.7 Å². The summed E-state index contributed by atoms with van der Waals surface area (Å²) in [4.78, 5) is 0. The molecule has 5 atom stereocenters. The Bertz CT molecular complexity index is 232. The summed E-state index contributed by atoms with van der Waals surface area (Å²) in [5.74, 6) is 0.768. The van der Waals surface area contributed by atoms with Crippen LogP contribution in [0.5, 0.6) is 0 Å². The van der Waals surface area contributed by atoms with E-state index < -0.39 is 10.8 Å². The van der Waals surface area contributed by atoms with Crippen LogP contribution in [0.15, 0.2) is 0 Å². The Balaban J connectivity index is 2.48. The number of nitrogens with one attached hydrogen (secondary N) is 1. The normalized spacial score (nSPS) is 32.0. The molecule has 1 fully saturated rings. The fourth-order valence-electron chi connectivity index (χ4n) is 2.58. The maximum Gasteiger partial charge on any atom is 0.0473 e. The Morgan fingerprint density at radius 3 is 2.62 bits per heavy atom. The van der Waals surface area contributed by atoms with Crippen molar-refractivity contribution < 1.29 is 4.21 Å². The Morgan fingerprint density at radius 2 is 2.06 bits per heavy atom. The number of rotatable bonds is 5. The Morgan fingerprint density at radius 1 is 1.38 bits per heavy atom. The summed E-state index contributed by atoms with van der Waals surface area (Å²) in [7, 11) is -0.666. The molecule has 1 rings (SSSR count). The van der Waals surface area contributed by atoms with Crippen molar-refractivity contribution in [1.82, 2.24) is 5.32 Å². The molecule has 1 aliphatic rings. The van der Waals surface area contributed by atoms with E-state index in [1.165, 1.54) is 19.3 Å². The van der Waals surface area contributed by atoms with Crippen LogP contribution in [0.2, 0.25) is 0 Å². The molecule has 0 amide bonds. The van der Waals surface area contributed by atoms with Crippen LogP contribution in [0.1, 0.15) is 53.4 Å². The largest absolute Gasteiger partial charge is 0.313 e. The van der Waals surface area contributed by atoms with Crippen molar-refractivity contribution in [1.29, 1.82) is 0 Å². The second-order valence-electron chi connectivity index (χ2n) is 5.27. The third-order valence-corrected chi connectivity index (χ3v) is 6.04. The quantitative estimate of drug-likeness (QED) is 0.807. The lowest BCUT2D eigenvalue weighted by atomic mass is 9.91. The lowest BCUT2D eigenvalue weighted by molar-refractivity contribution is 0.387. The van der Waals surface area contributed by atoms with E-state index in [4.69, 9.17) is 0 Å². The molecule has 0 bridgehead atoms. The van der Waals surface area contributed by atoms with E-state index in [1.807, 2.05) is 0 Å². The number of hydrogen-bond donors (Lipinski definition) is 1. The molecule has 16 heavy (non-hydrogen) atoms. The van der Waals surface area contributed by atoms with Crippen molar-refractivity contribution in [3.05, 3.63) is 0 Å². The van der Waals surface area contributed by atoms with Gasteiger partial charge in [-0.2, -0.15) is 0 Å². The van der Waals surface area contributed by atoms with Crippen LogP contribution >= 0.6 is 0 Å². The Labute approximate surface area is 103 Å². The zero-order valence-electron chi connectivity index (χ0n) is 11.2. The van der Waals surface area contributed by atoms with Gasteiger partial charge in [-0.25, -0.2) is 0 Å². The minimum Gasteiger partial charge on any atom is -0.313 e. The summed E-state index contributed by atoms with van der Waals surface area (Å²) in [6, 6.07) is 0.364. The molecular formula is C13H27NOS. The molecule has 2 nitrogen and oxygen atoms in total. The van der Waals surface area contributed by atoms with Gasteiger partial charge in [0.15, 0.2) is 0 Å². The standard InChI is InChI=1S/C13H27NOS/c1-5-14-11(3)12(4)16(15)13-8-6-7-10(2)9-13/h10-14H,5-9H2,1-4H3. The summed E-state index contributed by atoms with van der Waals surface area (Å²) in [5.41, 5.74) is 0. The van der Waals surface area contributed by atoms with Crippen molar-refractivity contribution >= 4 is 10.8 Å². The molecule has 0 saturated heterocycles. The van der Waals surface area contributed by atoms with Gasteiger partial charge in [-0.05, 0) is 39.2 Å². The molecule has 3 heteroatoms. The van der Waals surface area contributed by atoms with E-state index in [0.717, 1.165) is 18.9 Å². The first-order valence-corrected chi connectivity index (χ1v) is 7.96. The van der Waals surface area contributed by atoms with Crippen LogP contribution in [-0.2, 0) is 10.8 Å². The molecule has 0 heterocycles. The molecule has 0 spiro atoms. The summed E-state index contributed by atoms with van der Waals surface area (Å²) in [6.45, 7) is 9.64. The lowest BCUT2D eigenvalue weighted by Crippen LogP contribution is -2.41. The van der Waals surface area contributed by atoms with Crippen molar-refractivity contribution in [2.45, 2.75) is 69.9 Å². The Hall–Kier alpha value is 0.110. The van der Waals surface area contributed by atoms with E-state index in [1.54, 1.807) is 0 Å². The molecule has 5 unspecified atom stereocenters. The van der Waals surface area contributed by atoms with Gasteiger partial charge in [0.05, 0.1) is 0 Å². The molecule has 0 aromatic heterocycles. The first-order chi connectivity index (χ1) is 7.56. The van der Waals surface area contributed by atoms with Crippen LogP contribution in [0.4, 0.5) is 0 Å². The summed E-state index contributed by atoms with van der Waals surface area (Å²) < 4.78 is 12.4. The van der Waals surface area contributed by atoms with Crippen LogP contribution in [-0.4, -0.2) is 27.3 Å². The van der Waals surface area contributed by atoms with Gasteiger partial charge in [0, 0.05) is 27.3 Å². The fraction of sp³-hybridized carbons (Fsp3) is 1.00. The maximum atomic E-state index is 12.4. The fourth-order valence-corrected chi connectivity index (χ4v) is 4.61. The van der Waals surface area contributed by atoms with Crippen molar-refractivity contribution in [3.63, 3.8) is 0 Å². The summed E-state index contributed by atoms with van der Waals surface area (Å²) in [5, 5.41) is 4.10. The highest BCUT2D eigenvalue weighted by atomic mass is 32.2. The zero-order chi connectivity index (χ0) is 12.1. The highest BCUT2D eigenvalue weighted by Crippen LogP contribution is 2.28. The van der Waals surface area contributed by atoms with Crippen LogP contribution in [0, 0.1) is 5.92 Å². The lowest BCUT2D eigenvalue weighted by Gasteiger charge is -2.30. The average Bonchev–Trinajstić information content (AvgIpc) is 2.27. The topological polar surface area (TPSA) is 29.1 Å². The minimum atomic E-state index is -0.666. The van der Waals surface area contributed by atoms with E-state index in [-0.39, 0.29) is 5.25 Å². The molecule has 1 N–H and O–H groups in total. The van der Waals surface area contributed by atoms with Gasteiger partial charge in [0.1, 0.15) is 0 Å². The maximum absolute atomic E-state index is 12.4. The van der Waals surface area contributed by atoms with Gasteiger partial charge in [0.2, 0.25) is 0 Å². The van der Waals surface area contributed by atoms with Gasteiger partial charge < -0.3 is 5.32 Å². The second-order valence-corrected chi connectivity index (χ2v) is 7.34. The van der Waals surface area contributed by atoms with Crippen LogP contribution in [0.3, 0.4) is 0 Å². The summed E-state index contributed by atoms with van der Waals surface area (Å²) in [6.07, 6.45) is 4.92. The van der Waals surface area contributed by atoms with E-state index in [9.17, 15) is 4.21 Å². The van der Waals surface area contributed by atoms with Gasteiger partial charge in [-0.15, -0.1) is 0 Å². The zero-order valence-corrected chi connectivity index (χ0v) is 12.0. The first kappa shape index (κ1) is 14.2. The predicted octanol–water partition coefficient (Wildman–Crippen LogP) is 2.70. The van der Waals surface area contributed by atoms with Crippen molar-refractivity contribution in [2.24, 2.45) is 5.92 Å². The van der Waals surface area contributed by atoms with Gasteiger partial charge in [0.25, 0.3) is 0 Å². The first-order valence-electron chi connectivity index (χ1n) is 6.69. The molecule has 0 aromatic rings. The molecule has 0 radical (unpaired) electrons. The third-order valence-electron chi connectivity index (χ3n) is 3.81. The molecule has 96 valence electrons. The highest BCUT2D eigenvalue weighted by Gasteiger charge is 2.29. The molecule has 0 aromatic carbocycles. The monoisotopic (exact) mass is 245 g/mol. The average molecular weight is 245 g/mol. The summed E-state index contributed by atoms with van der Waals surface area (Å²) >= 11 is 0. The minimum absolute atomic E-state index is 0.273. The van der Waals surface area contributed by atoms with Gasteiger partial charge in [-0.3, -0.25) is 4.21 Å². The van der Waals surface area contributed by atoms with Crippen molar-refractivity contribution in [2.75, 3.05) is 6.54 Å². The van der Waals surface area contributed by atoms with E-state index in [0.29, 0.717) is 11.3 Å². The van der Waals surface area contributed by atoms with E-state index >= 15 is 0 Å². The van der Waals surface area contributed by atoms with Gasteiger partial charge >= 0.3 is 0 Å². The third kappa shape index (κ3) is 3.85. The molecule has 0 aliphatic heterocycles. The molecule has 1 saturated carbocycles. The van der Waals surface area contributed by atoms with Crippen LogP contribution in [0.25, 0.3) is 0 Å². The van der Waals surface area contributed by atoms with Crippen LogP contribution < -0.4 is 5.32 Å². The smallest absolute Gasteiger partial charge is 0.0473 e. The van der Waals surface area contributed by atoms with E-state index in [2.05, 4.69) is 33.0 Å². The second kappa shape index (κ2) is 6.75. The predicted molar refractivity (Wildman–Crippen MR) is 72.2 cm³/mol. The molecular weight excluding hydrogens is 218 g/mol. The van der Waals surface area contributed by atoms with Crippen molar-refractivity contribution in [3.8, 4) is 0 Å². The SMILES string of the molecule is CCNC(C)C(C)S(=O)C1CCCC(C)C1. The molecule has 1 aliphatic carbocycles. The number of hydrogen-bond acceptors (Lipinski definition) is 2. The highest BCUT2D eigenvalue weighted by molar-refractivity contribution is 7.86. The Kier molecular flexibility index (Phi) is 5.98.